The molecule has 68 valence electrons. The molecule has 3 nitrogen and oxygen atoms in total. The monoisotopic (exact) mass is 185 g/mol. The summed E-state index contributed by atoms with van der Waals surface area (Å²) < 4.78 is 8.13. The van der Waals surface area contributed by atoms with Gasteiger partial charge in [0.2, 0.25) is 0 Å². The van der Waals surface area contributed by atoms with Gasteiger partial charge in [-0.3, -0.25) is 14.0 Å². The highest BCUT2D eigenvalue weighted by molar-refractivity contribution is 7.50. The first-order valence-electron chi connectivity index (χ1n) is 5.00. The van der Waals surface area contributed by atoms with Gasteiger partial charge in [0.25, 0.3) is 0 Å². The van der Waals surface area contributed by atoms with Crippen LogP contribution < -0.4 is 0 Å². The van der Waals surface area contributed by atoms with Gasteiger partial charge in [0.1, 0.15) is 8.37 Å². The average Bonchev–Trinajstić information content (AvgIpc) is 2.52. The highest BCUT2D eigenvalue weighted by Crippen LogP contribution is 2.55. The number of hydrogen-bond donors (Lipinski definition) is 0. The van der Waals surface area contributed by atoms with Crippen LogP contribution in [0.4, 0.5) is 0 Å². The van der Waals surface area contributed by atoms with Crippen LogP contribution in [0.15, 0.2) is 0 Å². The minimum absolute atomic E-state index is 0.0424. The van der Waals surface area contributed by atoms with E-state index >= 15 is 0 Å². The quantitative estimate of drug-likeness (QED) is 0.520. The summed E-state index contributed by atoms with van der Waals surface area (Å²) in [5.74, 6) is 0. The van der Waals surface area contributed by atoms with Crippen molar-refractivity contribution in [1.82, 2.24) is 14.0 Å². The molecule has 0 atom stereocenters. The topological polar surface area (TPSA) is 9.72 Å². The van der Waals surface area contributed by atoms with E-state index < -0.39 is 0 Å². The summed E-state index contributed by atoms with van der Waals surface area (Å²) in [6, 6.07) is 0. The molecule has 4 heteroatoms. The Kier molecular flexibility index (Phi) is 1.87. The lowest BCUT2D eigenvalue weighted by molar-refractivity contribution is 0.297. The summed E-state index contributed by atoms with van der Waals surface area (Å²) in [7, 11) is 0.0424. The molecule has 0 spiro atoms. The molecule has 3 fully saturated rings. The van der Waals surface area contributed by atoms with E-state index in [1.807, 2.05) is 0 Å². The molecule has 0 N–H and O–H groups in total. The van der Waals surface area contributed by atoms with Crippen molar-refractivity contribution in [2.45, 2.75) is 12.8 Å². The molecule has 12 heavy (non-hydrogen) atoms. The Bertz CT molecular complexity index is 169. The molecule has 0 unspecified atom stereocenters. The molecular formula is C8H16N3P. The van der Waals surface area contributed by atoms with E-state index in [-0.39, 0.29) is 8.37 Å². The predicted molar refractivity (Wildman–Crippen MR) is 50.9 cm³/mol. The van der Waals surface area contributed by atoms with Crippen LogP contribution in [0, 0.1) is 0 Å². The van der Waals surface area contributed by atoms with Gasteiger partial charge in [0, 0.05) is 39.3 Å². The van der Waals surface area contributed by atoms with E-state index in [1.54, 1.807) is 0 Å². The molecule has 0 aromatic heterocycles. The zero-order valence-electron chi connectivity index (χ0n) is 7.45. The second kappa shape index (κ2) is 2.91. The molecule has 3 aliphatic heterocycles. The minimum atomic E-state index is 0.0424. The fourth-order valence-corrected chi connectivity index (χ4v) is 5.40. The fraction of sp³-hybridized carbons (Fsp3) is 1.00. The van der Waals surface area contributed by atoms with E-state index in [9.17, 15) is 0 Å². The molecule has 3 aliphatic rings. The van der Waals surface area contributed by atoms with Crippen LogP contribution in [0.5, 0.6) is 0 Å². The van der Waals surface area contributed by atoms with Crippen molar-refractivity contribution in [2.75, 3.05) is 39.3 Å². The Labute approximate surface area is 75.2 Å². The van der Waals surface area contributed by atoms with Crippen molar-refractivity contribution in [2.24, 2.45) is 0 Å². The first-order chi connectivity index (χ1) is 5.95. The second-order valence-electron chi connectivity index (χ2n) is 3.84. The van der Waals surface area contributed by atoms with Crippen molar-refractivity contribution in [3.63, 3.8) is 0 Å². The molecule has 3 rings (SSSR count). The molecule has 0 aromatic carbocycles. The minimum Gasteiger partial charge on any atom is -0.257 e. The lowest BCUT2D eigenvalue weighted by Gasteiger charge is -2.45. The normalized spacial score (nSPS) is 34.0. The highest BCUT2D eigenvalue weighted by Gasteiger charge is 2.40. The van der Waals surface area contributed by atoms with Crippen LogP contribution in [0.3, 0.4) is 0 Å². The van der Waals surface area contributed by atoms with Gasteiger partial charge >= 0.3 is 0 Å². The maximum Gasteiger partial charge on any atom is 0.120 e. The fourth-order valence-electron chi connectivity index (χ4n) is 2.51. The van der Waals surface area contributed by atoms with Crippen LogP contribution in [0.1, 0.15) is 12.8 Å². The third kappa shape index (κ3) is 1.04. The van der Waals surface area contributed by atoms with Gasteiger partial charge in [-0.15, -0.1) is 0 Å². The third-order valence-corrected chi connectivity index (χ3v) is 5.76. The third-order valence-electron chi connectivity index (χ3n) is 3.04. The molecular weight excluding hydrogens is 169 g/mol. The SMILES string of the molecule is C1CN2CCCN3CCN(C1)P23. The lowest BCUT2D eigenvalue weighted by Crippen LogP contribution is -2.41. The molecule has 0 aromatic rings. The Balaban J connectivity index is 1.84. The van der Waals surface area contributed by atoms with Gasteiger partial charge < -0.3 is 0 Å². The van der Waals surface area contributed by atoms with E-state index in [0.29, 0.717) is 0 Å². The van der Waals surface area contributed by atoms with Gasteiger partial charge in [-0.05, 0) is 12.8 Å². The molecule has 3 saturated heterocycles. The Morgan fingerprint density at radius 3 is 1.50 bits per heavy atom. The van der Waals surface area contributed by atoms with Crippen LogP contribution >= 0.6 is 8.37 Å². The first-order valence-corrected chi connectivity index (χ1v) is 6.20. The Morgan fingerprint density at radius 1 is 0.583 bits per heavy atom. The summed E-state index contributed by atoms with van der Waals surface area (Å²) in [4.78, 5) is 0. The highest BCUT2D eigenvalue weighted by atomic mass is 31.2. The second-order valence-corrected chi connectivity index (χ2v) is 6.07. The van der Waals surface area contributed by atoms with E-state index in [1.165, 1.54) is 52.1 Å². The van der Waals surface area contributed by atoms with Crippen molar-refractivity contribution in [1.29, 1.82) is 0 Å². The van der Waals surface area contributed by atoms with Crippen molar-refractivity contribution >= 4 is 8.37 Å². The number of rotatable bonds is 0. The summed E-state index contributed by atoms with van der Waals surface area (Å²) in [5.41, 5.74) is 0. The summed E-state index contributed by atoms with van der Waals surface area (Å²) in [6.45, 7) is 8.11. The molecule has 0 radical (unpaired) electrons. The van der Waals surface area contributed by atoms with E-state index in [4.69, 9.17) is 0 Å². The summed E-state index contributed by atoms with van der Waals surface area (Å²) >= 11 is 0. The molecule has 0 amide bonds. The number of hydrogen-bond acceptors (Lipinski definition) is 3. The molecule has 0 saturated carbocycles. The average molecular weight is 185 g/mol. The number of nitrogens with zero attached hydrogens (tertiary/aromatic N) is 3. The summed E-state index contributed by atoms with van der Waals surface area (Å²) in [6.07, 6.45) is 2.79. The van der Waals surface area contributed by atoms with Gasteiger partial charge in [0.05, 0.1) is 0 Å². The zero-order chi connectivity index (χ0) is 7.97. The van der Waals surface area contributed by atoms with E-state index in [2.05, 4.69) is 14.0 Å². The van der Waals surface area contributed by atoms with E-state index in [0.717, 1.165) is 0 Å². The van der Waals surface area contributed by atoms with Crippen LogP contribution in [-0.2, 0) is 0 Å². The van der Waals surface area contributed by atoms with Crippen molar-refractivity contribution in [3.8, 4) is 0 Å². The lowest BCUT2D eigenvalue weighted by atomic mass is 10.4. The maximum atomic E-state index is 2.72. The van der Waals surface area contributed by atoms with Crippen molar-refractivity contribution < 1.29 is 0 Å². The molecule has 0 aliphatic carbocycles. The van der Waals surface area contributed by atoms with Gasteiger partial charge in [0.15, 0.2) is 0 Å². The Hall–Kier alpha value is 0.310. The molecule has 3 heterocycles. The van der Waals surface area contributed by atoms with Crippen LogP contribution in [0.25, 0.3) is 0 Å². The van der Waals surface area contributed by atoms with Gasteiger partial charge in [-0.1, -0.05) is 0 Å². The Morgan fingerprint density at radius 2 is 1.00 bits per heavy atom. The largest absolute Gasteiger partial charge is 0.257 e. The van der Waals surface area contributed by atoms with Crippen LogP contribution in [-0.4, -0.2) is 53.3 Å². The summed E-state index contributed by atoms with van der Waals surface area (Å²) in [5, 5.41) is 0. The first kappa shape index (κ1) is 7.69. The van der Waals surface area contributed by atoms with Gasteiger partial charge in [-0.25, -0.2) is 0 Å². The molecule has 0 bridgehead atoms. The standard InChI is InChI=1S/C8H16N3P/c1-3-9-4-2-6-11-8-7-10(5-1)12(9)11/h1-8H2. The zero-order valence-corrected chi connectivity index (χ0v) is 8.34. The van der Waals surface area contributed by atoms with Gasteiger partial charge in [-0.2, -0.15) is 0 Å². The maximum absolute atomic E-state index is 2.72. The van der Waals surface area contributed by atoms with Crippen molar-refractivity contribution in [3.05, 3.63) is 0 Å². The smallest absolute Gasteiger partial charge is 0.120 e. The van der Waals surface area contributed by atoms with Crippen LogP contribution in [0.2, 0.25) is 0 Å². The predicted octanol–water partition coefficient (Wildman–Crippen LogP) is 0.940.